The molecule has 1 aliphatic heterocycles. The topological polar surface area (TPSA) is 18.5 Å². The molecule has 1 heterocycles. The first-order valence-corrected chi connectivity index (χ1v) is 8.45. The van der Waals surface area contributed by atoms with Gasteiger partial charge in [0, 0.05) is 38.3 Å². The van der Waals surface area contributed by atoms with Crippen LogP contribution in [0, 0.1) is 0 Å². The molecule has 0 spiro atoms. The average Bonchev–Trinajstić information content (AvgIpc) is 2.53. The van der Waals surface area contributed by atoms with E-state index in [0.29, 0.717) is 12.1 Å². The zero-order valence-electron chi connectivity index (χ0n) is 13.9. The fraction of sp³-hybridized carbons (Fsp3) is 0.667. The zero-order valence-corrected chi connectivity index (χ0v) is 13.9. The summed E-state index contributed by atoms with van der Waals surface area (Å²) < 4.78 is 0. The minimum absolute atomic E-state index is 0.530. The predicted molar refractivity (Wildman–Crippen MR) is 90.6 cm³/mol. The SMILES string of the molecule is CCCNC(CC)CN1CCN(C)CC1c1ccccc1. The van der Waals surface area contributed by atoms with E-state index in [1.807, 2.05) is 0 Å². The molecule has 0 amide bonds. The molecule has 0 radical (unpaired) electrons. The van der Waals surface area contributed by atoms with Gasteiger partial charge in [-0.05, 0) is 32.0 Å². The Bertz CT molecular complexity index is 393. The summed E-state index contributed by atoms with van der Waals surface area (Å²) in [6, 6.07) is 12.1. The molecule has 1 aromatic rings. The van der Waals surface area contributed by atoms with Gasteiger partial charge in [-0.1, -0.05) is 44.2 Å². The first-order valence-electron chi connectivity index (χ1n) is 8.45. The van der Waals surface area contributed by atoms with Crippen molar-refractivity contribution >= 4 is 0 Å². The van der Waals surface area contributed by atoms with Gasteiger partial charge < -0.3 is 10.2 Å². The molecule has 3 heteroatoms. The summed E-state index contributed by atoms with van der Waals surface area (Å²) in [6.45, 7) is 10.3. The summed E-state index contributed by atoms with van der Waals surface area (Å²) in [4.78, 5) is 5.13. The average molecular weight is 289 g/mol. The maximum atomic E-state index is 3.69. The van der Waals surface area contributed by atoms with Crippen LogP contribution in [-0.2, 0) is 0 Å². The van der Waals surface area contributed by atoms with Crippen molar-refractivity contribution < 1.29 is 0 Å². The Morgan fingerprint density at radius 2 is 1.95 bits per heavy atom. The van der Waals surface area contributed by atoms with Crippen molar-refractivity contribution in [3.8, 4) is 0 Å². The summed E-state index contributed by atoms with van der Waals surface area (Å²) in [5.74, 6) is 0. The first kappa shape index (κ1) is 16.5. The fourth-order valence-electron chi connectivity index (χ4n) is 3.14. The number of hydrogen-bond acceptors (Lipinski definition) is 3. The molecule has 21 heavy (non-hydrogen) atoms. The van der Waals surface area contributed by atoms with Crippen LogP contribution in [0.15, 0.2) is 30.3 Å². The molecular weight excluding hydrogens is 258 g/mol. The summed E-state index contributed by atoms with van der Waals surface area (Å²) in [6.07, 6.45) is 2.41. The van der Waals surface area contributed by atoms with Gasteiger partial charge in [-0.2, -0.15) is 0 Å². The smallest absolute Gasteiger partial charge is 0.0476 e. The Labute approximate surface area is 130 Å². The van der Waals surface area contributed by atoms with Crippen LogP contribution >= 0.6 is 0 Å². The second-order valence-corrected chi connectivity index (χ2v) is 6.24. The lowest BCUT2D eigenvalue weighted by Crippen LogP contribution is -2.51. The number of likely N-dealkylation sites (N-methyl/N-ethyl adjacent to an activating group) is 1. The van der Waals surface area contributed by atoms with Crippen LogP contribution in [0.1, 0.15) is 38.3 Å². The lowest BCUT2D eigenvalue weighted by Gasteiger charge is -2.42. The molecule has 2 atom stereocenters. The summed E-state index contributed by atoms with van der Waals surface area (Å²) >= 11 is 0. The van der Waals surface area contributed by atoms with Crippen molar-refractivity contribution in [1.82, 2.24) is 15.1 Å². The maximum absolute atomic E-state index is 3.69. The number of hydrogen-bond donors (Lipinski definition) is 1. The second-order valence-electron chi connectivity index (χ2n) is 6.24. The molecule has 2 rings (SSSR count). The van der Waals surface area contributed by atoms with Crippen molar-refractivity contribution in [2.24, 2.45) is 0 Å². The minimum atomic E-state index is 0.530. The Morgan fingerprint density at radius 1 is 1.19 bits per heavy atom. The largest absolute Gasteiger partial charge is 0.313 e. The Hall–Kier alpha value is -0.900. The van der Waals surface area contributed by atoms with Gasteiger partial charge in [0.25, 0.3) is 0 Å². The molecule has 1 fully saturated rings. The standard InChI is InChI=1S/C18H31N3/c1-4-11-19-17(5-2)14-21-13-12-20(3)15-18(21)16-9-7-6-8-10-16/h6-10,17-19H,4-5,11-15H2,1-3H3. The minimum Gasteiger partial charge on any atom is -0.313 e. The van der Waals surface area contributed by atoms with E-state index in [2.05, 4.69) is 66.3 Å². The van der Waals surface area contributed by atoms with Gasteiger partial charge in [-0.15, -0.1) is 0 Å². The zero-order chi connectivity index (χ0) is 15.1. The van der Waals surface area contributed by atoms with Crippen molar-refractivity contribution in [2.45, 2.75) is 38.8 Å². The van der Waals surface area contributed by atoms with Gasteiger partial charge in [-0.3, -0.25) is 4.90 Å². The number of piperazine rings is 1. The van der Waals surface area contributed by atoms with Crippen molar-refractivity contribution in [1.29, 1.82) is 0 Å². The molecule has 1 aliphatic rings. The molecule has 118 valence electrons. The highest BCUT2D eigenvalue weighted by Crippen LogP contribution is 2.25. The van der Waals surface area contributed by atoms with Gasteiger partial charge >= 0.3 is 0 Å². The number of nitrogens with one attached hydrogen (secondary N) is 1. The van der Waals surface area contributed by atoms with E-state index in [9.17, 15) is 0 Å². The molecule has 3 nitrogen and oxygen atoms in total. The quantitative estimate of drug-likeness (QED) is 0.833. The van der Waals surface area contributed by atoms with Crippen LogP contribution in [0.2, 0.25) is 0 Å². The van der Waals surface area contributed by atoms with Crippen LogP contribution in [0.3, 0.4) is 0 Å². The molecule has 1 aromatic carbocycles. The van der Waals surface area contributed by atoms with E-state index in [4.69, 9.17) is 0 Å². The number of nitrogens with zero attached hydrogens (tertiary/aromatic N) is 2. The van der Waals surface area contributed by atoms with Crippen LogP contribution < -0.4 is 5.32 Å². The van der Waals surface area contributed by atoms with E-state index in [1.165, 1.54) is 31.5 Å². The number of benzene rings is 1. The lowest BCUT2D eigenvalue weighted by atomic mass is 10.0. The van der Waals surface area contributed by atoms with Crippen molar-refractivity contribution in [2.75, 3.05) is 39.8 Å². The maximum Gasteiger partial charge on any atom is 0.0476 e. The molecular formula is C18H31N3. The van der Waals surface area contributed by atoms with Crippen LogP contribution in [0.4, 0.5) is 0 Å². The van der Waals surface area contributed by atoms with Gasteiger partial charge in [0.15, 0.2) is 0 Å². The third-order valence-electron chi connectivity index (χ3n) is 4.51. The number of rotatable bonds is 7. The van der Waals surface area contributed by atoms with E-state index < -0.39 is 0 Å². The third-order valence-corrected chi connectivity index (χ3v) is 4.51. The van der Waals surface area contributed by atoms with Crippen LogP contribution in [0.25, 0.3) is 0 Å². The summed E-state index contributed by atoms with van der Waals surface area (Å²) in [5, 5.41) is 3.69. The molecule has 0 aliphatic carbocycles. The molecule has 2 unspecified atom stereocenters. The highest BCUT2D eigenvalue weighted by Gasteiger charge is 2.27. The van der Waals surface area contributed by atoms with E-state index in [-0.39, 0.29) is 0 Å². The van der Waals surface area contributed by atoms with Crippen molar-refractivity contribution in [3.05, 3.63) is 35.9 Å². The van der Waals surface area contributed by atoms with Gasteiger partial charge in [0.1, 0.15) is 0 Å². The van der Waals surface area contributed by atoms with Crippen molar-refractivity contribution in [3.63, 3.8) is 0 Å². The van der Waals surface area contributed by atoms with E-state index >= 15 is 0 Å². The highest BCUT2D eigenvalue weighted by molar-refractivity contribution is 5.20. The Morgan fingerprint density at radius 3 is 2.62 bits per heavy atom. The second kappa shape index (κ2) is 8.52. The summed E-state index contributed by atoms with van der Waals surface area (Å²) in [5.41, 5.74) is 1.45. The molecule has 0 saturated carbocycles. The van der Waals surface area contributed by atoms with Gasteiger partial charge in [0.05, 0.1) is 0 Å². The fourth-order valence-corrected chi connectivity index (χ4v) is 3.14. The first-order chi connectivity index (χ1) is 10.2. The highest BCUT2D eigenvalue weighted by atomic mass is 15.3. The lowest BCUT2D eigenvalue weighted by molar-refractivity contribution is 0.0799. The van der Waals surface area contributed by atoms with Crippen LogP contribution in [-0.4, -0.2) is 55.6 Å². The Kier molecular flexibility index (Phi) is 6.68. The van der Waals surface area contributed by atoms with Gasteiger partial charge in [0.2, 0.25) is 0 Å². The Balaban J connectivity index is 2.04. The monoisotopic (exact) mass is 289 g/mol. The molecule has 1 saturated heterocycles. The predicted octanol–water partition coefficient (Wildman–Crippen LogP) is 2.75. The van der Waals surface area contributed by atoms with E-state index in [0.717, 1.165) is 19.6 Å². The van der Waals surface area contributed by atoms with Gasteiger partial charge in [-0.25, -0.2) is 0 Å². The molecule has 0 bridgehead atoms. The van der Waals surface area contributed by atoms with E-state index in [1.54, 1.807) is 0 Å². The normalized spacial score (nSPS) is 22.3. The molecule has 0 aromatic heterocycles. The molecule has 1 N–H and O–H groups in total. The summed E-state index contributed by atoms with van der Waals surface area (Å²) in [7, 11) is 2.24. The third kappa shape index (κ3) is 4.80. The van der Waals surface area contributed by atoms with Crippen LogP contribution in [0.5, 0.6) is 0 Å².